The Morgan fingerprint density at radius 2 is 1.51 bits per heavy atom. The van der Waals surface area contributed by atoms with Crippen LogP contribution in [0, 0.1) is 0 Å². The van der Waals surface area contributed by atoms with Crippen LogP contribution in [0.2, 0.25) is 10.0 Å². The number of amides is 3. The zero-order valence-corrected chi connectivity index (χ0v) is 28.1. The standard InChI is InChI=1S/C34H24BrCl2F3N4O2S/c35-23-10-6-20(7-11-23)31-28(27-15-12-24(36)17-29(27)37)16-22(30(44-31)19-42-33(46)43-25-4-2-1-3-5-25)18-41-32(45)21-8-13-26(14-9-21)47-34(38,39)40/h1-17H,18-19H2,(H,41,45)(H2,42,43,46). The average molecular weight is 760 g/mol. The van der Waals surface area contributed by atoms with E-state index in [1.807, 2.05) is 36.4 Å². The number of halogens is 6. The van der Waals surface area contributed by atoms with Crippen LogP contribution in [-0.2, 0) is 13.1 Å². The number of carbonyl (C=O) groups excluding carboxylic acids is 2. The normalized spacial score (nSPS) is 11.2. The summed E-state index contributed by atoms with van der Waals surface area (Å²) in [6.07, 6.45) is 0. The van der Waals surface area contributed by atoms with Crippen molar-refractivity contribution in [2.24, 2.45) is 0 Å². The lowest BCUT2D eigenvalue weighted by Gasteiger charge is -2.18. The largest absolute Gasteiger partial charge is 0.446 e. The molecule has 47 heavy (non-hydrogen) atoms. The van der Waals surface area contributed by atoms with Crippen molar-refractivity contribution >= 4 is 68.5 Å². The third kappa shape index (κ3) is 9.51. The van der Waals surface area contributed by atoms with Crippen LogP contribution in [0.15, 0.2) is 112 Å². The molecule has 4 aromatic carbocycles. The molecule has 0 bridgehead atoms. The van der Waals surface area contributed by atoms with Crippen molar-refractivity contribution in [1.82, 2.24) is 15.6 Å². The number of hydrogen-bond donors (Lipinski definition) is 3. The van der Waals surface area contributed by atoms with Gasteiger partial charge in [0.25, 0.3) is 5.91 Å². The lowest BCUT2D eigenvalue weighted by Crippen LogP contribution is -2.30. The molecular weight excluding hydrogens is 736 g/mol. The zero-order valence-electron chi connectivity index (χ0n) is 24.2. The van der Waals surface area contributed by atoms with E-state index in [9.17, 15) is 22.8 Å². The molecule has 0 fully saturated rings. The first kappa shape index (κ1) is 34.3. The van der Waals surface area contributed by atoms with Crippen molar-refractivity contribution in [2.45, 2.75) is 23.5 Å². The first-order chi connectivity index (χ1) is 22.4. The van der Waals surface area contributed by atoms with Gasteiger partial charge >= 0.3 is 11.5 Å². The maximum Gasteiger partial charge on any atom is 0.446 e. The molecule has 3 N–H and O–H groups in total. The van der Waals surface area contributed by atoms with Gasteiger partial charge in [0.1, 0.15) is 0 Å². The average Bonchev–Trinajstić information content (AvgIpc) is 3.03. The first-order valence-electron chi connectivity index (χ1n) is 13.9. The molecular formula is C34H24BrCl2F3N4O2S. The lowest BCUT2D eigenvalue weighted by atomic mass is 9.96. The fourth-order valence-electron chi connectivity index (χ4n) is 4.59. The third-order valence-electron chi connectivity index (χ3n) is 6.77. The predicted molar refractivity (Wildman–Crippen MR) is 185 cm³/mol. The number of carbonyl (C=O) groups is 2. The van der Waals surface area contributed by atoms with Crippen LogP contribution < -0.4 is 16.0 Å². The molecule has 0 saturated carbocycles. The molecule has 6 nitrogen and oxygen atoms in total. The van der Waals surface area contributed by atoms with Gasteiger partial charge in [-0.05, 0) is 84.1 Å². The molecule has 240 valence electrons. The summed E-state index contributed by atoms with van der Waals surface area (Å²) in [5, 5.41) is 9.26. The molecule has 0 aliphatic heterocycles. The van der Waals surface area contributed by atoms with Crippen LogP contribution in [-0.4, -0.2) is 22.4 Å². The SMILES string of the molecule is O=C(NCc1nc(-c2ccc(Br)cc2)c(-c2ccc(Cl)cc2Cl)cc1CNC(=O)c1ccc(SC(F)(F)F)cc1)Nc1ccccc1. The number of aromatic nitrogens is 1. The molecule has 1 aromatic heterocycles. The summed E-state index contributed by atoms with van der Waals surface area (Å²) < 4.78 is 39.1. The Kier molecular flexibility index (Phi) is 11.1. The van der Waals surface area contributed by atoms with Gasteiger partial charge in [0.2, 0.25) is 0 Å². The number of nitrogens with zero attached hydrogens (tertiary/aromatic N) is 1. The van der Waals surface area contributed by atoms with E-state index in [0.717, 1.165) is 10.0 Å². The van der Waals surface area contributed by atoms with Crippen LogP contribution >= 0.6 is 50.9 Å². The molecule has 0 spiro atoms. The van der Waals surface area contributed by atoms with Gasteiger partial charge in [-0.3, -0.25) is 4.79 Å². The molecule has 1 heterocycles. The summed E-state index contributed by atoms with van der Waals surface area (Å²) in [6, 6.07) is 28.1. The summed E-state index contributed by atoms with van der Waals surface area (Å²) in [6.45, 7) is -0.00752. The van der Waals surface area contributed by atoms with Crippen molar-refractivity contribution in [3.05, 3.63) is 134 Å². The van der Waals surface area contributed by atoms with Crippen molar-refractivity contribution in [3.8, 4) is 22.4 Å². The van der Waals surface area contributed by atoms with E-state index in [-0.39, 0.29) is 35.3 Å². The molecule has 0 radical (unpaired) electrons. The highest BCUT2D eigenvalue weighted by atomic mass is 79.9. The summed E-state index contributed by atoms with van der Waals surface area (Å²) in [5.41, 5.74) is 0.0458. The molecule has 3 amide bonds. The van der Waals surface area contributed by atoms with E-state index >= 15 is 0 Å². The summed E-state index contributed by atoms with van der Waals surface area (Å²) in [4.78, 5) is 30.8. The second-order valence-corrected chi connectivity index (χ2v) is 12.9. The quantitative estimate of drug-likeness (QED) is 0.131. The number of hydrogen-bond acceptors (Lipinski definition) is 4. The van der Waals surface area contributed by atoms with E-state index in [0.29, 0.717) is 43.8 Å². The molecule has 0 unspecified atom stereocenters. The number of rotatable bonds is 9. The van der Waals surface area contributed by atoms with Crippen molar-refractivity contribution in [3.63, 3.8) is 0 Å². The molecule has 0 aliphatic rings. The number of urea groups is 1. The Balaban J connectivity index is 1.49. The minimum Gasteiger partial charge on any atom is -0.348 e. The smallest absolute Gasteiger partial charge is 0.348 e. The van der Waals surface area contributed by atoms with Gasteiger partial charge < -0.3 is 16.0 Å². The van der Waals surface area contributed by atoms with Gasteiger partial charge in [0.15, 0.2) is 0 Å². The minimum absolute atomic E-state index is 0.00535. The second-order valence-electron chi connectivity index (χ2n) is 10.0. The van der Waals surface area contributed by atoms with E-state index in [4.69, 9.17) is 28.2 Å². The number of alkyl halides is 3. The van der Waals surface area contributed by atoms with E-state index in [1.165, 1.54) is 24.3 Å². The molecule has 5 aromatic rings. The van der Waals surface area contributed by atoms with Crippen molar-refractivity contribution in [1.29, 1.82) is 0 Å². The summed E-state index contributed by atoms with van der Waals surface area (Å²) in [5.74, 6) is -0.502. The highest BCUT2D eigenvalue weighted by Crippen LogP contribution is 2.38. The first-order valence-corrected chi connectivity index (χ1v) is 16.3. The fraction of sp³-hybridized carbons (Fsp3) is 0.0882. The Morgan fingerprint density at radius 1 is 0.809 bits per heavy atom. The van der Waals surface area contributed by atoms with Gasteiger partial charge in [-0.15, -0.1) is 0 Å². The van der Waals surface area contributed by atoms with Crippen LogP contribution in [0.25, 0.3) is 22.4 Å². The van der Waals surface area contributed by atoms with E-state index in [2.05, 4.69) is 31.9 Å². The van der Waals surface area contributed by atoms with Crippen LogP contribution in [0.3, 0.4) is 0 Å². The Labute approximate surface area is 291 Å². The Hall–Kier alpha value is -4.03. The van der Waals surface area contributed by atoms with Crippen LogP contribution in [0.4, 0.5) is 23.7 Å². The molecule has 0 saturated heterocycles. The summed E-state index contributed by atoms with van der Waals surface area (Å²) in [7, 11) is 0. The van der Waals surface area contributed by atoms with Gasteiger partial charge in [-0.1, -0.05) is 75.5 Å². The fourth-order valence-corrected chi connectivity index (χ4v) is 5.90. The highest BCUT2D eigenvalue weighted by molar-refractivity contribution is 9.10. The van der Waals surface area contributed by atoms with E-state index < -0.39 is 17.4 Å². The summed E-state index contributed by atoms with van der Waals surface area (Å²) >= 11 is 16.1. The second kappa shape index (κ2) is 15.2. The third-order valence-corrected chi connectivity index (χ3v) is 8.58. The monoisotopic (exact) mass is 758 g/mol. The Morgan fingerprint density at radius 3 is 2.17 bits per heavy atom. The number of nitrogens with one attached hydrogen (secondary N) is 3. The number of thioether (sulfide) groups is 1. The maximum atomic E-state index is 13.1. The van der Waals surface area contributed by atoms with Gasteiger partial charge in [-0.2, -0.15) is 13.2 Å². The highest BCUT2D eigenvalue weighted by Gasteiger charge is 2.29. The Bertz CT molecular complexity index is 1900. The lowest BCUT2D eigenvalue weighted by molar-refractivity contribution is -0.0328. The zero-order chi connectivity index (χ0) is 33.6. The molecule has 13 heteroatoms. The molecule has 5 rings (SSSR count). The maximum absolute atomic E-state index is 13.1. The van der Waals surface area contributed by atoms with Gasteiger partial charge in [-0.25, -0.2) is 9.78 Å². The topological polar surface area (TPSA) is 83.1 Å². The van der Waals surface area contributed by atoms with Crippen molar-refractivity contribution < 1.29 is 22.8 Å². The van der Waals surface area contributed by atoms with Gasteiger partial charge in [0.05, 0.1) is 17.9 Å². The van der Waals surface area contributed by atoms with Crippen molar-refractivity contribution in [2.75, 3.05) is 5.32 Å². The van der Waals surface area contributed by atoms with Crippen LogP contribution in [0.5, 0.6) is 0 Å². The number of pyridine rings is 1. The minimum atomic E-state index is -4.44. The number of benzene rings is 4. The molecule has 0 atom stereocenters. The van der Waals surface area contributed by atoms with Gasteiger partial charge in [0, 0.05) is 53.9 Å². The number of para-hydroxylation sites is 1. The van der Waals surface area contributed by atoms with Crippen LogP contribution in [0.1, 0.15) is 21.6 Å². The number of anilines is 1. The molecule has 0 aliphatic carbocycles. The predicted octanol–water partition coefficient (Wildman–Crippen LogP) is 10.3. The van der Waals surface area contributed by atoms with E-state index in [1.54, 1.807) is 42.5 Å².